The van der Waals surface area contributed by atoms with Gasteiger partial charge in [-0.3, -0.25) is 33.8 Å². The van der Waals surface area contributed by atoms with Crippen molar-refractivity contribution in [2.75, 3.05) is 33.2 Å². The molecule has 2 aromatic rings. The van der Waals surface area contributed by atoms with E-state index in [1.165, 1.54) is 33.3 Å². The summed E-state index contributed by atoms with van der Waals surface area (Å²) in [5.74, 6) is -1.88. The first kappa shape index (κ1) is 31.8. The van der Waals surface area contributed by atoms with Crippen LogP contribution in [0.2, 0.25) is 0 Å². The van der Waals surface area contributed by atoms with Crippen LogP contribution in [0.5, 0.6) is 0 Å². The third-order valence-corrected chi connectivity index (χ3v) is 12.6. The SMILES string of the molecule is CSc1cc2c3c(c(SC)cc4c3c1C(=O)N([C@@H]1CCCC[C@H]1N(C)C)C4=O)C(=O)N([C@@H]1CCCC[C@H]1C(=O)[C@@H]1CCCN1)C2=O. The minimum atomic E-state index is -0.528. The van der Waals surface area contributed by atoms with Gasteiger partial charge in [0, 0.05) is 43.7 Å². The Hall–Kier alpha value is -2.73. The molecule has 244 valence electrons. The molecule has 2 aromatic carbocycles. The van der Waals surface area contributed by atoms with Crippen molar-refractivity contribution in [3.8, 4) is 0 Å². The quantitative estimate of drug-likeness (QED) is 0.315. The van der Waals surface area contributed by atoms with Crippen molar-refractivity contribution in [2.24, 2.45) is 5.92 Å². The number of ketones is 1. The van der Waals surface area contributed by atoms with Gasteiger partial charge < -0.3 is 10.2 Å². The van der Waals surface area contributed by atoms with Gasteiger partial charge in [0.25, 0.3) is 23.6 Å². The maximum absolute atomic E-state index is 14.6. The van der Waals surface area contributed by atoms with E-state index in [0.29, 0.717) is 55.7 Å². The zero-order valence-electron chi connectivity index (χ0n) is 27.0. The lowest BCUT2D eigenvalue weighted by molar-refractivity contribution is -0.127. The summed E-state index contributed by atoms with van der Waals surface area (Å²) in [4.78, 5) is 78.1. The van der Waals surface area contributed by atoms with E-state index >= 15 is 0 Å². The van der Waals surface area contributed by atoms with Crippen molar-refractivity contribution in [1.29, 1.82) is 0 Å². The van der Waals surface area contributed by atoms with Gasteiger partial charge in [-0.1, -0.05) is 25.7 Å². The zero-order valence-corrected chi connectivity index (χ0v) is 28.7. The maximum atomic E-state index is 14.6. The lowest BCUT2D eigenvalue weighted by atomic mass is 9.77. The highest BCUT2D eigenvalue weighted by Crippen LogP contribution is 2.47. The number of carbonyl (C=O) groups is 5. The van der Waals surface area contributed by atoms with E-state index < -0.39 is 23.8 Å². The first-order valence-corrected chi connectivity index (χ1v) is 19.1. The molecule has 0 aromatic heterocycles. The first-order chi connectivity index (χ1) is 22.2. The Kier molecular flexibility index (Phi) is 8.57. The molecule has 3 heterocycles. The molecule has 3 fully saturated rings. The number of hydrogen-bond acceptors (Lipinski definition) is 9. The fourth-order valence-electron chi connectivity index (χ4n) is 8.89. The summed E-state index contributed by atoms with van der Waals surface area (Å²) >= 11 is 2.75. The van der Waals surface area contributed by atoms with Crippen molar-refractivity contribution >= 4 is 63.7 Å². The van der Waals surface area contributed by atoms with Crippen molar-refractivity contribution in [3.63, 3.8) is 0 Å². The summed E-state index contributed by atoms with van der Waals surface area (Å²) in [6.45, 7) is 0.801. The van der Waals surface area contributed by atoms with E-state index in [2.05, 4.69) is 10.2 Å². The van der Waals surface area contributed by atoms with Crippen LogP contribution in [0.1, 0.15) is 106 Å². The summed E-state index contributed by atoms with van der Waals surface area (Å²) in [5, 5.41) is 4.15. The molecule has 46 heavy (non-hydrogen) atoms. The molecule has 2 saturated carbocycles. The number of rotatable bonds is 7. The number of imide groups is 2. The van der Waals surface area contributed by atoms with E-state index in [9.17, 15) is 24.0 Å². The number of carbonyl (C=O) groups excluding carboxylic acids is 5. The Bertz CT molecular complexity index is 1670. The molecule has 7 rings (SSSR count). The second-order valence-corrected chi connectivity index (χ2v) is 15.3. The van der Waals surface area contributed by atoms with E-state index in [4.69, 9.17) is 0 Å². The van der Waals surface area contributed by atoms with E-state index in [1.807, 2.05) is 26.6 Å². The highest BCUT2D eigenvalue weighted by atomic mass is 32.2. The third kappa shape index (κ3) is 4.78. The molecular formula is C35H42N4O5S2. The monoisotopic (exact) mass is 662 g/mol. The number of benzene rings is 2. The van der Waals surface area contributed by atoms with Gasteiger partial charge in [-0.25, -0.2) is 0 Å². The highest BCUT2D eigenvalue weighted by molar-refractivity contribution is 7.99. The van der Waals surface area contributed by atoms with Crippen LogP contribution in [-0.4, -0.2) is 101 Å². The van der Waals surface area contributed by atoms with Gasteiger partial charge in [-0.15, -0.1) is 23.5 Å². The zero-order chi connectivity index (χ0) is 32.4. The molecule has 1 N–H and O–H groups in total. The van der Waals surface area contributed by atoms with Crippen molar-refractivity contribution in [3.05, 3.63) is 34.4 Å². The van der Waals surface area contributed by atoms with Gasteiger partial charge in [0.1, 0.15) is 0 Å². The number of nitrogens with one attached hydrogen (secondary N) is 1. The Morgan fingerprint density at radius 1 is 0.717 bits per heavy atom. The van der Waals surface area contributed by atoms with E-state index in [1.54, 1.807) is 12.1 Å². The van der Waals surface area contributed by atoms with Gasteiger partial charge >= 0.3 is 0 Å². The average Bonchev–Trinajstić information content (AvgIpc) is 3.61. The third-order valence-electron chi connectivity index (χ3n) is 11.1. The van der Waals surface area contributed by atoms with Crippen LogP contribution >= 0.6 is 23.5 Å². The Balaban J connectivity index is 1.39. The van der Waals surface area contributed by atoms with Crippen LogP contribution in [-0.2, 0) is 4.79 Å². The molecule has 0 radical (unpaired) electrons. The van der Waals surface area contributed by atoms with E-state index in [0.717, 1.165) is 57.9 Å². The first-order valence-electron chi connectivity index (χ1n) is 16.6. The number of Topliss-reactive ketones (excluding diaryl/α,β-unsaturated/α-hetero) is 1. The lowest BCUT2D eigenvalue weighted by Gasteiger charge is -2.44. The topological polar surface area (TPSA) is 107 Å². The summed E-state index contributed by atoms with van der Waals surface area (Å²) in [7, 11) is 4.00. The van der Waals surface area contributed by atoms with Crippen LogP contribution in [0.4, 0.5) is 0 Å². The van der Waals surface area contributed by atoms with Crippen LogP contribution in [0.3, 0.4) is 0 Å². The maximum Gasteiger partial charge on any atom is 0.262 e. The number of hydrogen-bond donors (Lipinski definition) is 1. The normalized spacial score (nSPS) is 28.2. The summed E-state index contributed by atoms with van der Waals surface area (Å²) < 4.78 is 0. The molecule has 0 spiro atoms. The smallest absolute Gasteiger partial charge is 0.262 e. The number of thioether (sulfide) groups is 2. The fraction of sp³-hybridized carbons (Fsp3) is 0.571. The summed E-state index contributed by atoms with van der Waals surface area (Å²) in [5.41, 5.74) is 1.49. The van der Waals surface area contributed by atoms with Crippen LogP contribution < -0.4 is 5.32 Å². The number of likely N-dealkylation sites (N-methyl/N-ethyl adjacent to an activating group) is 1. The van der Waals surface area contributed by atoms with Gasteiger partial charge in [0.05, 0.1) is 29.3 Å². The molecule has 5 atom stereocenters. The molecule has 11 heteroatoms. The Morgan fingerprint density at radius 3 is 1.76 bits per heavy atom. The van der Waals surface area contributed by atoms with Gasteiger partial charge in [0.2, 0.25) is 0 Å². The van der Waals surface area contributed by atoms with Crippen molar-refractivity contribution in [2.45, 2.75) is 98.2 Å². The van der Waals surface area contributed by atoms with Gasteiger partial charge in [0.15, 0.2) is 5.78 Å². The molecule has 2 aliphatic carbocycles. The van der Waals surface area contributed by atoms with Crippen LogP contribution in [0.25, 0.3) is 10.8 Å². The molecule has 1 saturated heterocycles. The fourth-order valence-corrected chi connectivity index (χ4v) is 10.1. The minimum Gasteiger partial charge on any atom is -0.307 e. The Morgan fingerprint density at radius 2 is 1.24 bits per heavy atom. The van der Waals surface area contributed by atoms with Gasteiger partial charge in [-0.05, 0) is 83.8 Å². The van der Waals surface area contributed by atoms with Gasteiger partial charge in [-0.2, -0.15) is 0 Å². The second kappa shape index (κ2) is 12.4. The number of amides is 4. The molecule has 0 unspecified atom stereocenters. The predicted octanol–water partition coefficient (Wildman–Crippen LogP) is 5.23. The Labute approximate surface area is 278 Å². The average molecular weight is 663 g/mol. The molecule has 5 aliphatic rings. The van der Waals surface area contributed by atoms with Crippen molar-refractivity contribution < 1.29 is 24.0 Å². The molecule has 0 bridgehead atoms. The molecule has 3 aliphatic heterocycles. The minimum absolute atomic E-state index is 0.0520. The standard InChI is InChI=1S/C35H42N4O5S2/c1-37(2)23-13-7-8-14-24(23)39-33(42)20-17-25(45-3)29-27-19(16-26(46-4)30(28(20)27)35(39)44)32(41)38(34(29)43)22-12-6-5-10-18(22)31(40)21-11-9-15-36-21/h16-18,21-24,36H,5-15H2,1-4H3/t18-,21+,22-,23-,24-/m1/s1. The van der Waals surface area contributed by atoms with Crippen molar-refractivity contribution in [1.82, 2.24) is 20.0 Å². The molecular weight excluding hydrogens is 621 g/mol. The van der Waals surface area contributed by atoms with Crippen LogP contribution in [0, 0.1) is 5.92 Å². The van der Waals surface area contributed by atoms with E-state index in [-0.39, 0.29) is 35.7 Å². The highest BCUT2D eigenvalue weighted by Gasteiger charge is 2.49. The summed E-state index contributed by atoms with van der Waals surface area (Å²) in [6.07, 6.45) is 12.1. The lowest BCUT2D eigenvalue weighted by Crippen LogP contribution is -2.57. The summed E-state index contributed by atoms with van der Waals surface area (Å²) in [6, 6.07) is 2.56. The predicted molar refractivity (Wildman–Crippen MR) is 180 cm³/mol. The van der Waals surface area contributed by atoms with Crippen LogP contribution in [0.15, 0.2) is 21.9 Å². The second-order valence-electron chi connectivity index (χ2n) is 13.6. The largest absolute Gasteiger partial charge is 0.307 e. The molecule has 9 nitrogen and oxygen atoms in total. The number of nitrogens with zero attached hydrogens (tertiary/aromatic N) is 3. The molecule has 4 amide bonds.